The summed E-state index contributed by atoms with van der Waals surface area (Å²) in [5.74, 6) is -0.708. The summed E-state index contributed by atoms with van der Waals surface area (Å²) >= 11 is 3.30. The van der Waals surface area contributed by atoms with Crippen molar-refractivity contribution in [3.05, 3.63) is 34.3 Å². The number of benzene rings is 1. The predicted octanol–water partition coefficient (Wildman–Crippen LogP) is 2.37. The molecule has 0 radical (unpaired) electrons. The van der Waals surface area contributed by atoms with E-state index in [-0.39, 0.29) is 18.4 Å². The molecule has 0 saturated carbocycles. The van der Waals surface area contributed by atoms with E-state index >= 15 is 0 Å². The van der Waals surface area contributed by atoms with Gasteiger partial charge in [-0.3, -0.25) is 9.59 Å². The molecule has 0 aromatic heterocycles. The van der Waals surface area contributed by atoms with E-state index in [1.807, 2.05) is 0 Å². The number of ether oxygens (including phenoxy) is 1. The van der Waals surface area contributed by atoms with Gasteiger partial charge in [-0.15, -0.1) is 0 Å². The van der Waals surface area contributed by atoms with Gasteiger partial charge in [-0.05, 0) is 49.9 Å². The number of amides is 2. The predicted molar refractivity (Wildman–Crippen MR) is 97.0 cm³/mol. The van der Waals surface area contributed by atoms with Gasteiger partial charge in [0, 0.05) is 23.1 Å². The van der Waals surface area contributed by atoms with Crippen LogP contribution in [0.4, 0.5) is 0 Å². The van der Waals surface area contributed by atoms with Crippen LogP contribution >= 0.6 is 15.9 Å². The third-order valence-electron chi connectivity index (χ3n) is 4.16. The first-order valence-electron chi connectivity index (χ1n) is 8.37. The molecule has 1 N–H and O–H groups in total. The maximum absolute atomic E-state index is 12.1. The molecule has 7 heteroatoms. The minimum absolute atomic E-state index is 0.189. The molecule has 2 amide bonds. The third kappa shape index (κ3) is 5.85. The average Bonchev–Trinajstić information content (AvgIpc) is 2.59. The monoisotopic (exact) mass is 410 g/mol. The fraction of sp³-hybridized carbons (Fsp3) is 0.500. The minimum atomic E-state index is -0.829. The van der Waals surface area contributed by atoms with Crippen LogP contribution in [0.3, 0.4) is 0 Å². The summed E-state index contributed by atoms with van der Waals surface area (Å²) in [6.07, 6.45) is 2.09. The second-order valence-corrected chi connectivity index (χ2v) is 7.31. The molecule has 1 heterocycles. The Labute approximate surface area is 156 Å². The van der Waals surface area contributed by atoms with Crippen molar-refractivity contribution in [3.63, 3.8) is 0 Å². The molecule has 136 valence electrons. The molecule has 1 aliphatic rings. The van der Waals surface area contributed by atoms with Gasteiger partial charge in [0.25, 0.3) is 11.8 Å². The normalized spacial score (nSPS) is 18.4. The van der Waals surface area contributed by atoms with Crippen LogP contribution < -0.4 is 5.32 Å². The minimum Gasteiger partial charge on any atom is -0.454 e. The summed E-state index contributed by atoms with van der Waals surface area (Å²) in [6, 6.07) is 5.97. The Hall–Kier alpha value is -1.89. The van der Waals surface area contributed by atoms with Crippen LogP contribution in [-0.2, 0) is 14.3 Å². The van der Waals surface area contributed by atoms with E-state index in [1.54, 1.807) is 29.2 Å². The van der Waals surface area contributed by atoms with Gasteiger partial charge in [0.2, 0.25) is 0 Å². The molecule has 0 aliphatic carbocycles. The molecule has 1 aliphatic heterocycles. The standard InChI is InChI=1S/C18H23BrN2O4/c1-12-4-3-9-21(10-12)16(22)11-25-18(24)13(2)20-17(23)14-5-7-15(19)8-6-14/h5-8,12-13H,3-4,9-11H2,1-2H3,(H,20,23)/t12-,13+/m1/s1. The number of piperidine rings is 1. The van der Waals surface area contributed by atoms with Crippen LogP contribution in [-0.4, -0.2) is 48.4 Å². The zero-order chi connectivity index (χ0) is 18.4. The van der Waals surface area contributed by atoms with Crippen LogP contribution in [0.25, 0.3) is 0 Å². The van der Waals surface area contributed by atoms with Gasteiger partial charge in [0.15, 0.2) is 6.61 Å². The fourth-order valence-corrected chi connectivity index (χ4v) is 2.97. The number of hydrogen-bond donors (Lipinski definition) is 1. The highest BCUT2D eigenvalue weighted by molar-refractivity contribution is 9.10. The topological polar surface area (TPSA) is 75.7 Å². The van der Waals surface area contributed by atoms with E-state index in [1.165, 1.54) is 6.92 Å². The summed E-state index contributed by atoms with van der Waals surface area (Å²) in [5, 5.41) is 2.57. The number of carbonyl (C=O) groups excluding carboxylic acids is 3. The maximum atomic E-state index is 12.1. The van der Waals surface area contributed by atoms with E-state index in [4.69, 9.17) is 4.74 Å². The van der Waals surface area contributed by atoms with Crippen molar-refractivity contribution in [1.82, 2.24) is 10.2 Å². The molecule has 25 heavy (non-hydrogen) atoms. The van der Waals surface area contributed by atoms with Gasteiger partial charge in [-0.1, -0.05) is 22.9 Å². The van der Waals surface area contributed by atoms with Crippen molar-refractivity contribution >= 4 is 33.7 Å². The van der Waals surface area contributed by atoms with E-state index in [0.29, 0.717) is 24.6 Å². The van der Waals surface area contributed by atoms with Crippen molar-refractivity contribution in [2.24, 2.45) is 5.92 Å². The zero-order valence-corrected chi connectivity index (χ0v) is 16.0. The molecule has 1 saturated heterocycles. The van der Waals surface area contributed by atoms with Gasteiger partial charge in [0.1, 0.15) is 6.04 Å². The van der Waals surface area contributed by atoms with E-state index in [0.717, 1.165) is 17.3 Å². The molecule has 0 unspecified atom stereocenters. The Balaban J connectivity index is 1.78. The van der Waals surface area contributed by atoms with Crippen LogP contribution in [0, 0.1) is 5.92 Å². The highest BCUT2D eigenvalue weighted by Crippen LogP contribution is 2.15. The van der Waals surface area contributed by atoms with Crippen molar-refractivity contribution < 1.29 is 19.1 Å². The molecule has 0 bridgehead atoms. The number of nitrogens with zero attached hydrogens (tertiary/aromatic N) is 1. The first-order chi connectivity index (χ1) is 11.9. The maximum Gasteiger partial charge on any atom is 0.328 e. The number of hydrogen-bond acceptors (Lipinski definition) is 4. The highest BCUT2D eigenvalue weighted by atomic mass is 79.9. The van der Waals surface area contributed by atoms with Crippen molar-refractivity contribution in [2.75, 3.05) is 19.7 Å². The molecule has 1 aromatic carbocycles. The van der Waals surface area contributed by atoms with E-state index < -0.39 is 12.0 Å². The van der Waals surface area contributed by atoms with E-state index in [9.17, 15) is 14.4 Å². The number of nitrogens with one attached hydrogen (secondary N) is 1. The lowest BCUT2D eigenvalue weighted by atomic mass is 10.0. The summed E-state index contributed by atoms with van der Waals surface area (Å²) < 4.78 is 5.92. The lowest BCUT2D eigenvalue weighted by Crippen LogP contribution is -2.43. The Morgan fingerprint density at radius 3 is 2.64 bits per heavy atom. The summed E-state index contributed by atoms with van der Waals surface area (Å²) in [6.45, 7) is 4.75. The molecule has 2 rings (SSSR count). The van der Waals surface area contributed by atoms with Crippen LogP contribution in [0.2, 0.25) is 0 Å². The van der Waals surface area contributed by atoms with Gasteiger partial charge >= 0.3 is 5.97 Å². The van der Waals surface area contributed by atoms with Crippen LogP contribution in [0.5, 0.6) is 0 Å². The van der Waals surface area contributed by atoms with Gasteiger partial charge in [-0.2, -0.15) is 0 Å². The number of esters is 1. The number of rotatable bonds is 5. The SMILES string of the molecule is C[C@@H]1CCCN(C(=O)COC(=O)[C@H](C)NC(=O)c2ccc(Br)cc2)C1. The Morgan fingerprint density at radius 2 is 2.00 bits per heavy atom. The molecule has 1 aromatic rings. The summed E-state index contributed by atoms with van der Waals surface area (Å²) in [7, 11) is 0. The Bertz CT molecular complexity index is 632. The van der Waals surface area contributed by atoms with Gasteiger partial charge in [-0.25, -0.2) is 4.79 Å². The molecular formula is C18H23BrN2O4. The van der Waals surface area contributed by atoms with Crippen LogP contribution in [0.1, 0.15) is 37.0 Å². The summed E-state index contributed by atoms with van der Waals surface area (Å²) in [5.41, 5.74) is 0.446. The van der Waals surface area contributed by atoms with Crippen molar-refractivity contribution in [2.45, 2.75) is 32.7 Å². The average molecular weight is 411 g/mol. The Kier molecular flexibility index (Phi) is 6.99. The molecule has 6 nitrogen and oxygen atoms in total. The smallest absolute Gasteiger partial charge is 0.328 e. The molecule has 0 spiro atoms. The lowest BCUT2D eigenvalue weighted by molar-refractivity contribution is -0.153. The lowest BCUT2D eigenvalue weighted by Gasteiger charge is -2.30. The largest absolute Gasteiger partial charge is 0.454 e. The second kappa shape index (κ2) is 8.99. The molecule has 1 fully saturated rings. The van der Waals surface area contributed by atoms with Gasteiger partial charge in [0.05, 0.1) is 0 Å². The quantitative estimate of drug-likeness (QED) is 0.755. The third-order valence-corrected chi connectivity index (χ3v) is 4.68. The number of carbonyl (C=O) groups is 3. The fourth-order valence-electron chi connectivity index (χ4n) is 2.71. The van der Waals surface area contributed by atoms with Gasteiger partial charge < -0.3 is 15.0 Å². The molecule has 2 atom stereocenters. The van der Waals surface area contributed by atoms with Crippen molar-refractivity contribution in [3.8, 4) is 0 Å². The zero-order valence-electron chi connectivity index (χ0n) is 14.5. The number of likely N-dealkylation sites (tertiary alicyclic amines) is 1. The highest BCUT2D eigenvalue weighted by Gasteiger charge is 2.23. The first-order valence-corrected chi connectivity index (χ1v) is 9.17. The van der Waals surface area contributed by atoms with Crippen LogP contribution in [0.15, 0.2) is 28.7 Å². The van der Waals surface area contributed by atoms with E-state index in [2.05, 4.69) is 28.2 Å². The number of halogens is 1. The Morgan fingerprint density at radius 1 is 1.32 bits per heavy atom. The summed E-state index contributed by atoms with van der Waals surface area (Å²) in [4.78, 5) is 37.9. The first kappa shape index (κ1) is 19.4. The molecular weight excluding hydrogens is 388 g/mol. The van der Waals surface area contributed by atoms with Crippen molar-refractivity contribution in [1.29, 1.82) is 0 Å². The second-order valence-electron chi connectivity index (χ2n) is 6.40.